The van der Waals surface area contributed by atoms with Gasteiger partial charge < -0.3 is 9.67 Å². The highest BCUT2D eigenvalue weighted by atomic mass is 16.5. The van der Waals surface area contributed by atoms with E-state index in [4.69, 9.17) is 5.21 Å². The van der Waals surface area contributed by atoms with E-state index in [1.165, 1.54) is 17.6 Å². The van der Waals surface area contributed by atoms with Crippen molar-refractivity contribution in [2.45, 2.75) is 0 Å². The molecule has 2 aromatic carbocycles. The number of phenolic OH excluding ortho intramolecular Hbond substituents is 1. The lowest BCUT2D eigenvalue weighted by molar-refractivity contribution is 0.0703. The third kappa shape index (κ3) is 1.90. The van der Waals surface area contributed by atoms with Crippen LogP contribution in [-0.2, 0) is 0 Å². The number of phenols is 1. The van der Waals surface area contributed by atoms with Gasteiger partial charge in [0.05, 0.1) is 11.1 Å². The third-order valence-electron chi connectivity index (χ3n) is 3.20. The zero-order chi connectivity index (χ0) is 14.1. The van der Waals surface area contributed by atoms with Gasteiger partial charge in [0.1, 0.15) is 5.75 Å². The fourth-order valence-corrected chi connectivity index (χ4v) is 2.22. The van der Waals surface area contributed by atoms with Crippen LogP contribution in [0.25, 0.3) is 16.6 Å². The van der Waals surface area contributed by atoms with Gasteiger partial charge >= 0.3 is 0 Å². The molecule has 3 N–H and O–H groups in total. The summed E-state index contributed by atoms with van der Waals surface area (Å²) in [5.74, 6) is -0.933. The van der Waals surface area contributed by atoms with E-state index >= 15 is 0 Å². The lowest BCUT2D eigenvalue weighted by Crippen LogP contribution is -2.18. The van der Waals surface area contributed by atoms with E-state index in [1.54, 1.807) is 6.07 Å². The molecule has 0 saturated carbocycles. The van der Waals surface area contributed by atoms with Crippen LogP contribution in [0.5, 0.6) is 5.75 Å². The molecule has 20 heavy (non-hydrogen) atoms. The van der Waals surface area contributed by atoms with Crippen LogP contribution in [0.3, 0.4) is 0 Å². The van der Waals surface area contributed by atoms with Crippen molar-refractivity contribution in [3.63, 3.8) is 0 Å². The minimum atomic E-state index is -0.749. The van der Waals surface area contributed by atoms with Gasteiger partial charge in [0.2, 0.25) is 0 Å². The summed E-state index contributed by atoms with van der Waals surface area (Å²) in [5, 5.41) is 19.4. The Morgan fingerprint density at radius 3 is 2.70 bits per heavy atom. The van der Waals surface area contributed by atoms with Crippen LogP contribution >= 0.6 is 0 Å². The first-order chi connectivity index (χ1) is 9.70. The van der Waals surface area contributed by atoms with E-state index in [2.05, 4.69) is 0 Å². The number of aromatic hydroxyl groups is 1. The molecule has 0 aliphatic heterocycles. The summed E-state index contributed by atoms with van der Waals surface area (Å²) in [7, 11) is 0. The van der Waals surface area contributed by atoms with Crippen molar-refractivity contribution >= 4 is 16.8 Å². The summed E-state index contributed by atoms with van der Waals surface area (Å²) in [6, 6.07) is 14.5. The smallest absolute Gasteiger partial charge is 0.278 e. The maximum atomic E-state index is 11.5. The number of hydrogen-bond donors (Lipinski definition) is 3. The van der Waals surface area contributed by atoms with Crippen molar-refractivity contribution in [3.8, 4) is 11.4 Å². The van der Waals surface area contributed by atoms with E-state index in [-0.39, 0.29) is 11.3 Å². The second-order valence-corrected chi connectivity index (χ2v) is 4.39. The topological polar surface area (TPSA) is 74.5 Å². The van der Waals surface area contributed by atoms with Gasteiger partial charge in [-0.3, -0.25) is 10.0 Å². The molecule has 5 nitrogen and oxygen atoms in total. The second-order valence-electron chi connectivity index (χ2n) is 4.39. The summed E-state index contributed by atoms with van der Waals surface area (Å²) < 4.78 is 1.91. The highest BCUT2D eigenvalue weighted by Crippen LogP contribution is 2.24. The second kappa shape index (κ2) is 4.71. The van der Waals surface area contributed by atoms with Crippen molar-refractivity contribution < 1.29 is 15.1 Å². The molecular formula is C15H12N2O3. The average molecular weight is 268 g/mol. The summed E-state index contributed by atoms with van der Waals surface area (Å²) in [6.45, 7) is 0. The number of carbonyl (C=O) groups excluding carboxylic acids is 1. The van der Waals surface area contributed by atoms with Crippen molar-refractivity contribution in [2.24, 2.45) is 0 Å². The van der Waals surface area contributed by atoms with Crippen LogP contribution in [-0.4, -0.2) is 20.8 Å². The molecule has 5 heteroatoms. The highest BCUT2D eigenvalue weighted by molar-refractivity contribution is 5.96. The van der Waals surface area contributed by atoms with Crippen molar-refractivity contribution in [2.75, 3.05) is 0 Å². The van der Waals surface area contributed by atoms with E-state index in [0.717, 1.165) is 16.6 Å². The first-order valence-corrected chi connectivity index (χ1v) is 6.04. The van der Waals surface area contributed by atoms with Gasteiger partial charge in [-0.2, -0.15) is 0 Å². The summed E-state index contributed by atoms with van der Waals surface area (Å²) in [5.41, 5.74) is 3.26. The molecule has 0 atom stereocenters. The van der Waals surface area contributed by atoms with Gasteiger partial charge in [-0.15, -0.1) is 0 Å². The van der Waals surface area contributed by atoms with E-state index in [9.17, 15) is 9.90 Å². The molecule has 0 bridgehead atoms. The number of carbonyl (C=O) groups is 1. The molecule has 0 spiro atoms. The Balaban J connectivity index is 2.17. The van der Waals surface area contributed by atoms with Crippen LogP contribution in [0.4, 0.5) is 0 Å². The summed E-state index contributed by atoms with van der Waals surface area (Å²) in [4.78, 5) is 11.5. The van der Waals surface area contributed by atoms with Gasteiger partial charge in [0, 0.05) is 11.9 Å². The van der Waals surface area contributed by atoms with Crippen LogP contribution < -0.4 is 5.48 Å². The number of hydrogen-bond acceptors (Lipinski definition) is 3. The first kappa shape index (κ1) is 12.3. The molecule has 0 aliphatic carbocycles. The quantitative estimate of drug-likeness (QED) is 0.493. The lowest BCUT2D eigenvalue weighted by Gasteiger charge is -2.09. The molecule has 3 aromatic rings. The molecule has 1 heterocycles. The average Bonchev–Trinajstić information content (AvgIpc) is 2.91. The minimum absolute atomic E-state index is 0.0165. The molecule has 3 rings (SSSR count). The SMILES string of the molecule is O=C(NO)c1cc(-n2ccc3ccccc32)ccc1O. The number of nitrogens with one attached hydrogen (secondary N) is 1. The fourth-order valence-electron chi connectivity index (χ4n) is 2.22. The van der Waals surface area contributed by atoms with Crippen LogP contribution in [0.2, 0.25) is 0 Å². The number of amides is 1. The molecule has 1 amide bonds. The minimum Gasteiger partial charge on any atom is -0.507 e. The third-order valence-corrected chi connectivity index (χ3v) is 3.20. The van der Waals surface area contributed by atoms with Crippen molar-refractivity contribution in [1.82, 2.24) is 10.0 Å². The van der Waals surface area contributed by atoms with Crippen molar-refractivity contribution in [1.29, 1.82) is 0 Å². The fraction of sp³-hybridized carbons (Fsp3) is 0. The zero-order valence-corrected chi connectivity index (χ0v) is 10.4. The van der Waals surface area contributed by atoms with Crippen molar-refractivity contribution in [3.05, 3.63) is 60.3 Å². The first-order valence-electron chi connectivity index (χ1n) is 6.04. The number of aromatic nitrogens is 1. The maximum Gasteiger partial charge on any atom is 0.278 e. The standard InChI is InChI=1S/C15H12N2O3/c18-14-6-5-11(9-12(14)15(19)16-20)17-8-7-10-3-1-2-4-13(10)17/h1-9,18,20H,(H,16,19). The number of fused-ring (bicyclic) bond motifs is 1. The number of hydroxylamine groups is 1. The molecule has 0 fully saturated rings. The van der Waals surface area contributed by atoms with Gasteiger partial charge in [-0.1, -0.05) is 18.2 Å². The predicted molar refractivity (Wildman–Crippen MR) is 74.2 cm³/mol. The molecule has 100 valence electrons. The van der Waals surface area contributed by atoms with Gasteiger partial charge in [-0.05, 0) is 35.7 Å². The number of benzene rings is 2. The number of rotatable bonds is 2. The molecule has 0 saturated heterocycles. The van der Waals surface area contributed by atoms with Crippen LogP contribution in [0.15, 0.2) is 54.7 Å². The van der Waals surface area contributed by atoms with Gasteiger partial charge in [0.15, 0.2) is 0 Å². The Morgan fingerprint density at radius 1 is 1.10 bits per heavy atom. The van der Waals surface area contributed by atoms with E-state index in [1.807, 2.05) is 41.1 Å². The molecule has 0 radical (unpaired) electrons. The van der Waals surface area contributed by atoms with Gasteiger partial charge in [-0.25, -0.2) is 5.48 Å². The summed E-state index contributed by atoms with van der Waals surface area (Å²) >= 11 is 0. The van der Waals surface area contributed by atoms with Gasteiger partial charge in [0.25, 0.3) is 5.91 Å². The lowest BCUT2D eigenvalue weighted by atomic mass is 10.1. The highest BCUT2D eigenvalue weighted by Gasteiger charge is 2.12. The predicted octanol–water partition coefficient (Wildman–Crippen LogP) is 2.46. The van der Waals surface area contributed by atoms with E-state index < -0.39 is 5.91 Å². The van der Waals surface area contributed by atoms with Crippen LogP contribution in [0.1, 0.15) is 10.4 Å². The monoisotopic (exact) mass is 268 g/mol. The molecule has 1 aromatic heterocycles. The maximum absolute atomic E-state index is 11.5. The van der Waals surface area contributed by atoms with Crippen LogP contribution in [0, 0.1) is 0 Å². The molecule has 0 aliphatic rings. The number of nitrogens with zero attached hydrogens (tertiary/aromatic N) is 1. The summed E-state index contributed by atoms with van der Waals surface area (Å²) in [6.07, 6.45) is 1.89. The normalized spacial score (nSPS) is 10.7. The Morgan fingerprint density at radius 2 is 1.90 bits per heavy atom. The van der Waals surface area contributed by atoms with E-state index in [0.29, 0.717) is 0 Å². The number of para-hydroxylation sites is 1. The Kier molecular flexibility index (Phi) is 2.89. The largest absolute Gasteiger partial charge is 0.507 e. The Labute approximate surface area is 114 Å². The Bertz CT molecular complexity index is 793. The molecule has 0 unspecified atom stereocenters. The zero-order valence-electron chi connectivity index (χ0n) is 10.4. The Hall–Kier alpha value is -2.79. The molecular weight excluding hydrogens is 256 g/mol.